The molecule has 0 bridgehead atoms. The zero-order valence-electron chi connectivity index (χ0n) is 14.2. The van der Waals surface area contributed by atoms with Crippen LogP contribution in [0.4, 0.5) is 0 Å². The van der Waals surface area contributed by atoms with Crippen molar-refractivity contribution in [2.24, 2.45) is 5.92 Å². The molecular formula is C18H22N2O3S. The van der Waals surface area contributed by atoms with Gasteiger partial charge in [-0.15, -0.1) is 11.3 Å². The van der Waals surface area contributed by atoms with Crippen LogP contribution in [0.25, 0.3) is 0 Å². The van der Waals surface area contributed by atoms with Crippen LogP contribution in [0.15, 0.2) is 18.2 Å². The largest absolute Gasteiger partial charge is 0.497 e. The van der Waals surface area contributed by atoms with Gasteiger partial charge in [-0.05, 0) is 44.0 Å². The topological polar surface area (TPSA) is 60.5 Å². The summed E-state index contributed by atoms with van der Waals surface area (Å²) in [6.45, 7) is 5.07. The van der Waals surface area contributed by atoms with E-state index < -0.39 is 0 Å². The number of methoxy groups -OCH3 is 1. The van der Waals surface area contributed by atoms with E-state index in [-0.39, 0.29) is 11.8 Å². The SMILES string of the molecule is COc1ccc2c(c1)C[C@H](C(=O)NCCc1sc(C)nc1C)CO2. The fourth-order valence-electron chi connectivity index (χ4n) is 2.92. The maximum atomic E-state index is 12.4. The molecule has 0 radical (unpaired) electrons. The number of benzene rings is 1. The first-order chi connectivity index (χ1) is 11.6. The molecule has 1 N–H and O–H groups in total. The van der Waals surface area contributed by atoms with Crippen molar-refractivity contribution in [2.75, 3.05) is 20.3 Å². The maximum absolute atomic E-state index is 12.4. The number of amides is 1. The lowest BCUT2D eigenvalue weighted by atomic mass is 9.96. The third-order valence-electron chi connectivity index (χ3n) is 4.20. The number of aromatic nitrogens is 1. The van der Waals surface area contributed by atoms with E-state index >= 15 is 0 Å². The molecular weight excluding hydrogens is 324 g/mol. The molecule has 1 atom stereocenters. The highest BCUT2D eigenvalue weighted by atomic mass is 32.1. The second-order valence-electron chi connectivity index (χ2n) is 5.97. The predicted molar refractivity (Wildman–Crippen MR) is 94.0 cm³/mol. The molecule has 0 fully saturated rings. The Morgan fingerprint density at radius 1 is 1.46 bits per heavy atom. The van der Waals surface area contributed by atoms with E-state index in [4.69, 9.17) is 9.47 Å². The van der Waals surface area contributed by atoms with Gasteiger partial charge < -0.3 is 14.8 Å². The van der Waals surface area contributed by atoms with Crippen molar-refractivity contribution in [1.82, 2.24) is 10.3 Å². The van der Waals surface area contributed by atoms with Gasteiger partial charge in [-0.25, -0.2) is 4.98 Å². The minimum Gasteiger partial charge on any atom is -0.497 e. The number of hydrogen-bond donors (Lipinski definition) is 1. The minimum absolute atomic E-state index is 0.0439. The molecule has 128 valence electrons. The van der Waals surface area contributed by atoms with E-state index in [9.17, 15) is 4.79 Å². The summed E-state index contributed by atoms with van der Waals surface area (Å²) in [7, 11) is 1.64. The Kier molecular flexibility index (Phi) is 5.04. The predicted octanol–water partition coefficient (Wildman–Crippen LogP) is 2.68. The molecule has 0 spiro atoms. The van der Waals surface area contributed by atoms with Gasteiger partial charge in [0.25, 0.3) is 0 Å². The van der Waals surface area contributed by atoms with Crippen LogP contribution in [0.5, 0.6) is 11.5 Å². The van der Waals surface area contributed by atoms with Crippen molar-refractivity contribution in [3.05, 3.63) is 39.3 Å². The van der Waals surface area contributed by atoms with Gasteiger partial charge in [0.05, 0.1) is 23.7 Å². The van der Waals surface area contributed by atoms with E-state index in [1.165, 1.54) is 4.88 Å². The molecule has 0 aliphatic carbocycles. The standard InChI is InChI=1S/C18H22N2O3S/c1-11-17(24-12(2)20-11)6-7-19-18(21)14-8-13-9-15(22-3)4-5-16(13)23-10-14/h4-5,9,14H,6-8,10H2,1-3H3,(H,19,21)/t14-/m0/s1. The number of fused-ring (bicyclic) bond motifs is 1. The molecule has 6 heteroatoms. The van der Waals surface area contributed by atoms with E-state index in [1.807, 2.05) is 32.0 Å². The number of rotatable bonds is 5. The molecule has 0 saturated carbocycles. The fraction of sp³-hybridized carbons (Fsp3) is 0.444. The smallest absolute Gasteiger partial charge is 0.226 e. The Morgan fingerprint density at radius 2 is 2.29 bits per heavy atom. The Hall–Kier alpha value is -2.08. The van der Waals surface area contributed by atoms with Crippen molar-refractivity contribution in [2.45, 2.75) is 26.7 Å². The van der Waals surface area contributed by atoms with Crippen LogP contribution < -0.4 is 14.8 Å². The van der Waals surface area contributed by atoms with Gasteiger partial charge in [-0.2, -0.15) is 0 Å². The van der Waals surface area contributed by atoms with Crippen molar-refractivity contribution < 1.29 is 14.3 Å². The van der Waals surface area contributed by atoms with Gasteiger partial charge in [0.1, 0.15) is 18.1 Å². The van der Waals surface area contributed by atoms with Gasteiger partial charge in [0, 0.05) is 17.8 Å². The summed E-state index contributed by atoms with van der Waals surface area (Å²) in [5.41, 5.74) is 2.09. The van der Waals surface area contributed by atoms with Gasteiger partial charge in [0.15, 0.2) is 0 Å². The van der Waals surface area contributed by atoms with Gasteiger partial charge in [0.2, 0.25) is 5.91 Å². The van der Waals surface area contributed by atoms with E-state index in [2.05, 4.69) is 10.3 Å². The summed E-state index contributed by atoms with van der Waals surface area (Å²) >= 11 is 1.70. The lowest BCUT2D eigenvalue weighted by molar-refractivity contribution is -0.126. The van der Waals surface area contributed by atoms with Gasteiger partial charge >= 0.3 is 0 Å². The van der Waals surface area contributed by atoms with Gasteiger partial charge in [-0.3, -0.25) is 4.79 Å². The average Bonchev–Trinajstić information content (AvgIpc) is 2.91. The Bertz CT molecular complexity index is 742. The van der Waals surface area contributed by atoms with E-state index in [0.29, 0.717) is 19.6 Å². The summed E-state index contributed by atoms with van der Waals surface area (Å²) < 4.78 is 11.0. The zero-order chi connectivity index (χ0) is 17.1. The molecule has 3 rings (SSSR count). The Labute approximate surface area is 146 Å². The molecule has 5 nitrogen and oxygen atoms in total. The van der Waals surface area contributed by atoms with Crippen LogP contribution in [-0.4, -0.2) is 31.2 Å². The second kappa shape index (κ2) is 7.21. The number of carbonyl (C=O) groups is 1. The van der Waals surface area contributed by atoms with Crippen molar-refractivity contribution >= 4 is 17.2 Å². The summed E-state index contributed by atoms with van der Waals surface area (Å²) in [5.74, 6) is 1.52. The van der Waals surface area contributed by atoms with Crippen molar-refractivity contribution in [3.63, 3.8) is 0 Å². The van der Waals surface area contributed by atoms with Crippen LogP contribution in [-0.2, 0) is 17.6 Å². The summed E-state index contributed by atoms with van der Waals surface area (Å²) in [4.78, 5) is 18.1. The van der Waals surface area contributed by atoms with Crippen LogP contribution in [0.2, 0.25) is 0 Å². The lowest BCUT2D eigenvalue weighted by Crippen LogP contribution is -2.38. The van der Waals surface area contributed by atoms with Crippen molar-refractivity contribution in [3.8, 4) is 11.5 Å². The minimum atomic E-state index is -0.158. The van der Waals surface area contributed by atoms with Crippen LogP contribution in [0.1, 0.15) is 21.1 Å². The first-order valence-electron chi connectivity index (χ1n) is 8.07. The highest BCUT2D eigenvalue weighted by molar-refractivity contribution is 7.11. The summed E-state index contributed by atoms with van der Waals surface area (Å²) in [5, 5.41) is 4.09. The monoisotopic (exact) mass is 346 g/mol. The molecule has 2 aromatic rings. The quantitative estimate of drug-likeness (QED) is 0.904. The number of nitrogens with one attached hydrogen (secondary N) is 1. The zero-order valence-corrected chi connectivity index (χ0v) is 15.0. The maximum Gasteiger partial charge on any atom is 0.226 e. The normalized spacial score (nSPS) is 16.2. The molecule has 0 unspecified atom stereocenters. The highest BCUT2D eigenvalue weighted by Gasteiger charge is 2.26. The molecule has 1 amide bonds. The number of carbonyl (C=O) groups excluding carboxylic acids is 1. The summed E-state index contributed by atoms with van der Waals surface area (Å²) in [6, 6.07) is 5.72. The molecule has 24 heavy (non-hydrogen) atoms. The number of aryl methyl sites for hydroxylation is 2. The van der Waals surface area contributed by atoms with Crippen LogP contribution in [0.3, 0.4) is 0 Å². The average molecular weight is 346 g/mol. The number of hydrogen-bond acceptors (Lipinski definition) is 5. The first kappa shape index (κ1) is 16.8. The lowest BCUT2D eigenvalue weighted by Gasteiger charge is -2.25. The number of nitrogens with zero attached hydrogens (tertiary/aromatic N) is 1. The molecule has 2 heterocycles. The molecule has 1 aromatic carbocycles. The molecule has 0 saturated heterocycles. The highest BCUT2D eigenvalue weighted by Crippen LogP contribution is 2.30. The first-order valence-corrected chi connectivity index (χ1v) is 8.89. The third-order valence-corrected chi connectivity index (χ3v) is 5.33. The molecule has 1 aliphatic rings. The Balaban J connectivity index is 1.55. The summed E-state index contributed by atoms with van der Waals surface area (Å²) in [6.07, 6.45) is 1.50. The van der Waals surface area contributed by atoms with E-state index in [0.717, 1.165) is 34.2 Å². The van der Waals surface area contributed by atoms with Gasteiger partial charge in [-0.1, -0.05) is 0 Å². The molecule has 1 aliphatic heterocycles. The van der Waals surface area contributed by atoms with Crippen molar-refractivity contribution in [1.29, 1.82) is 0 Å². The number of thiazole rings is 1. The Morgan fingerprint density at radius 3 is 3.00 bits per heavy atom. The van der Waals surface area contributed by atoms with E-state index in [1.54, 1.807) is 18.4 Å². The van der Waals surface area contributed by atoms with Crippen LogP contribution >= 0.6 is 11.3 Å². The molecule has 1 aromatic heterocycles. The third kappa shape index (κ3) is 3.70. The van der Waals surface area contributed by atoms with Crippen LogP contribution in [0, 0.1) is 19.8 Å². The second-order valence-corrected chi connectivity index (χ2v) is 7.26. The number of ether oxygens (including phenoxy) is 2. The fourth-order valence-corrected chi connectivity index (χ4v) is 3.85.